The molecule has 1 heterocycles. The summed E-state index contributed by atoms with van der Waals surface area (Å²) in [7, 11) is -1.86. The summed E-state index contributed by atoms with van der Waals surface area (Å²) < 4.78 is 12.0. The molecule has 1 rings (SSSR count). The van der Waals surface area contributed by atoms with Crippen LogP contribution in [-0.2, 0) is 4.57 Å². The van der Waals surface area contributed by atoms with Crippen molar-refractivity contribution in [2.75, 3.05) is 19.0 Å². The smallest absolute Gasteiger partial charge is 0.107 e. The van der Waals surface area contributed by atoms with Crippen molar-refractivity contribution in [1.29, 1.82) is 0 Å². The molecule has 3 heteroatoms. The molecule has 0 bridgehead atoms. The predicted octanol–water partition coefficient (Wildman–Crippen LogP) is 1.71. The SMILES string of the molecule is CC(C)(C)P1(=O)CCNC1. The van der Waals surface area contributed by atoms with Gasteiger partial charge in [0.2, 0.25) is 0 Å². The van der Waals surface area contributed by atoms with Gasteiger partial charge in [0.1, 0.15) is 7.14 Å². The summed E-state index contributed by atoms with van der Waals surface area (Å²) in [6, 6.07) is 0. The van der Waals surface area contributed by atoms with E-state index in [-0.39, 0.29) is 5.16 Å². The predicted molar refractivity (Wildman–Crippen MR) is 45.1 cm³/mol. The van der Waals surface area contributed by atoms with E-state index in [2.05, 4.69) is 26.1 Å². The van der Waals surface area contributed by atoms with Crippen LogP contribution in [0.4, 0.5) is 0 Å². The first-order valence-electron chi connectivity index (χ1n) is 3.75. The molecule has 1 aliphatic rings. The normalized spacial score (nSPS) is 34.7. The van der Waals surface area contributed by atoms with E-state index in [1.165, 1.54) is 0 Å². The molecule has 0 aromatic rings. The van der Waals surface area contributed by atoms with Crippen molar-refractivity contribution in [2.24, 2.45) is 0 Å². The molecule has 1 unspecified atom stereocenters. The number of hydrogen-bond donors (Lipinski definition) is 1. The van der Waals surface area contributed by atoms with Crippen LogP contribution in [0, 0.1) is 0 Å². The standard InChI is InChI=1S/C7H16NOP/c1-7(2,3)10(9)5-4-8-6-10/h8H,4-6H2,1-3H3. The Balaban J connectivity index is 2.78. The Kier molecular flexibility index (Phi) is 1.95. The maximum Gasteiger partial charge on any atom is 0.107 e. The fourth-order valence-electron chi connectivity index (χ4n) is 1.17. The van der Waals surface area contributed by atoms with Gasteiger partial charge < -0.3 is 9.88 Å². The summed E-state index contributed by atoms with van der Waals surface area (Å²) in [5.74, 6) is 0. The fourth-order valence-corrected chi connectivity index (χ4v) is 3.51. The number of hydrogen-bond acceptors (Lipinski definition) is 2. The highest BCUT2D eigenvalue weighted by atomic mass is 31.2. The molecule has 1 atom stereocenters. The highest BCUT2D eigenvalue weighted by molar-refractivity contribution is 7.65. The van der Waals surface area contributed by atoms with Gasteiger partial charge in [0.25, 0.3) is 0 Å². The van der Waals surface area contributed by atoms with Crippen LogP contribution < -0.4 is 5.32 Å². The Bertz CT molecular complexity index is 161. The van der Waals surface area contributed by atoms with Gasteiger partial charge in [-0.3, -0.25) is 0 Å². The lowest BCUT2D eigenvalue weighted by Crippen LogP contribution is -2.17. The monoisotopic (exact) mass is 161 g/mol. The van der Waals surface area contributed by atoms with Crippen molar-refractivity contribution in [3.63, 3.8) is 0 Å². The first-order valence-corrected chi connectivity index (χ1v) is 5.82. The highest BCUT2D eigenvalue weighted by Gasteiger charge is 2.38. The van der Waals surface area contributed by atoms with Crippen LogP contribution in [0.3, 0.4) is 0 Å². The van der Waals surface area contributed by atoms with Gasteiger partial charge in [-0.05, 0) is 0 Å². The summed E-state index contributed by atoms with van der Waals surface area (Å²) >= 11 is 0. The van der Waals surface area contributed by atoms with Crippen LogP contribution in [0.1, 0.15) is 20.8 Å². The molecule has 0 radical (unpaired) electrons. The van der Waals surface area contributed by atoms with E-state index in [1.807, 2.05) is 0 Å². The van der Waals surface area contributed by atoms with E-state index < -0.39 is 7.14 Å². The lowest BCUT2D eigenvalue weighted by atomic mass is 10.3. The van der Waals surface area contributed by atoms with Gasteiger partial charge in [0, 0.05) is 24.1 Å². The average molecular weight is 161 g/mol. The first-order chi connectivity index (χ1) is 4.46. The Morgan fingerprint density at radius 2 is 2.00 bits per heavy atom. The number of nitrogens with one attached hydrogen (secondary N) is 1. The lowest BCUT2D eigenvalue weighted by molar-refractivity contribution is 0.552. The maximum atomic E-state index is 12.0. The molecule has 1 saturated heterocycles. The second-order valence-corrected chi connectivity index (χ2v) is 7.83. The van der Waals surface area contributed by atoms with Gasteiger partial charge in [0.15, 0.2) is 0 Å². The Labute approximate surface area is 62.8 Å². The van der Waals surface area contributed by atoms with E-state index in [0.717, 1.165) is 19.0 Å². The third-order valence-corrected chi connectivity index (χ3v) is 6.37. The van der Waals surface area contributed by atoms with Crippen molar-refractivity contribution in [3.05, 3.63) is 0 Å². The molecular formula is C7H16NOP. The molecule has 2 nitrogen and oxygen atoms in total. The molecule has 0 aromatic heterocycles. The van der Waals surface area contributed by atoms with Gasteiger partial charge in [-0.25, -0.2) is 0 Å². The average Bonchev–Trinajstić information content (AvgIpc) is 2.13. The van der Waals surface area contributed by atoms with Crippen LogP contribution in [-0.4, -0.2) is 24.1 Å². The van der Waals surface area contributed by atoms with E-state index in [1.54, 1.807) is 0 Å². The van der Waals surface area contributed by atoms with Gasteiger partial charge in [-0.15, -0.1) is 0 Å². The molecule has 1 fully saturated rings. The van der Waals surface area contributed by atoms with Gasteiger partial charge in [0.05, 0.1) is 0 Å². The topological polar surface area (TPSA) is 29.1 Å². The minimum atomic E-state index is -1.86. The molecule has 0 aliphatic carbocycles. The lowest BCUT2D eigenvalue weighted by Gasteiger charge is -2.26. The van der Waals surface area contributed by atoms with Crippen molar-refractivity contribution < 1.29 is 4.57 Å². The second kappa shape index (κ2) is 2.35. The summed E-state index contributed by atoms with van der Waals surface area (Å²) in [5.41, 5.74) is 0. The van der Waals surface area contributed by atoms with Gasteiger partial charge >= 0.3 is 0 Å². The van der Waals surface area contributed by atoms with Crippen LogP contribution in [0.5, 0.6) is 0 Å². The van der Waals surface area contributed by atoms with Crippen molar-refractivity contribution >= 4 is 7.14 Å². The summed E-state index contributed by atoms with van der Waals surface area (Å²) in [4.78, 5) is 0. The Morgan fingerprint density at radius 1 is 1.40 bits per heavy atom. The van der Waals surface area contributed by atoms with Gasteiger partial charge in [-0.1, -0.05) is 20.8 Å². The Hall–Kier alpha value is 0.190. The largest absolute Gasteiger partial charge is 0.322 e. The van der Waals surface area contributed by atoms with Crippen LogP contribution in [0.25, 0.3) is 0 Å². The summed E-state index contributed by atoms with van der Waals surface area (Å²) in [6.07, 6.45) is 1.63. The third kappa shape index (κ3) is 1.28. The fraction of sp³-hybridized carbons (Fsp3) is 1.00. The molecule has 0 saturated carbocycles. The quantitative estimate of drug-likeness (QED) is 0.548. The molecular weight excluding hydrogens is 145 g/mol. The van der Waals surface area contributed by atoms with Crippen LogP contribution in [0.2, 0.25) is 0 Å². The van der Waals surface area contributed by atoms with Crippen molar-refractivity contribution in [1.82, 2.24) is 5.32 Å². The van der Waals surface area contributed by atoms with Crippen molar-refractivity contribution in [3.8, 4) is 0 Å². The molecule has 1 N–H and O–H groups in total. The Morgan fingerprint density at radius 3 is 2.20 bits per heavy atom. The highest BCUT2D eigenvalue weighted by Crippen LogP contribution is 2.58. The van der Waals surface area contributed by atoms with E-state index in [0.29, 0.717) is 0 Å². The van der Waals surface area contributed by atoms with Gasteiger partial charge in [-0.2, -0.15) is 0 Å². The zero-order valence-corrected chi connectivity index (χ0v) is 7.87. The third-order valence-electron chi connectivity index (χ3n) is 2.24. The summed E-state index contributed by atoms with van der Waals surface area (Å²) in [6.45, 7) is 7.15. The zero-order valence-electron chi connectivity index (χ0n) is 6.98. The van der Waals surface area contributed by atoms with Crippen LogP contribution in [0.15, 0.2) is 0 Å². The van der Waals surface area contributed by atoms with Crippen molar-refractivity contribution in [2.45, 2.75) is 25.9 Å². The van der Waals surface area contributed by atoms with E-state index >= 15 is 0 Å². The van der Waals surface area contributed by atoms with Crippen LogP contribution >= 0.6 is 7.14 Å². The zero-order chi connectivity index (χ0) is 7.83. The molecule has 0 aromatic carbocycles. The molecule has 1 aliphatic heterocycles. The molecule has 10 heavy (non-hydrogen) atoms. The molecule has 60 valence electrons. The van der Waals surface area contributed by atoms with E-state index in [4.69, 9.17) is 0 Å². The first kappa shape index (κ1) is 8.29. The maximum absolute atomic E-state index is 12.0. The number of rotatable bonds is 0. The second-order valence-electron chi connectivity index (χ2n) is 3.94. The van der Waals surface area contributed by atoms with E-state index in [9.17, 15) is 4.57 Å². The summed E-state index contributed by atoms with van der Waals surface area (Å²) in [5, 5.41) is 3.17. The minimum Gasteiger partial charge on any atom is -0.322 e. The minimum absolute atomic E-state index is 0.0104. The molecule has 0 spiro atoms. The molecule has 0 amide bonds.